The zero-order valence-corrected chi connectivity index (χ0v) is 10.3. The average Bonchev–Trinajstić information content (AvgIpc) is 2.37. The van der Waals surface area contributed by atoms with Crippen molar-refractivity contribution in [3.05, 3.63) is 0 Å². The predicted molar refractivity (Wildman–Crippen MR) is 62.7 cm³/mol. The monoisotopic (exact) mass is 242 g/mol. The molecule has 0 amide bonds. The summed E-state index contributed by atoms with van der Waals surface area (Å²) in [6.07, 6.45) is 5.81. The fraction of sp³-hybridized carbons (Fsp3) is 0.923. The molecule has 0 aromatic rings. The smallest absolute Gasteiger partial charge is 0.167 e. The van der Waals surface area contributed by atoms with Gasteiger partial charge in [-0.05, 0) is 44.9 Å². The van der Waals surface area contributed by atoms with E-state index in [0.29, 0.717) is 32.3 Å². The highest BCUT2D eigenvalue weighted by atomic mass is 16.5. The van der Waals surface area contributed by atoms with Crippen molar-refractivity contribution in [2.45, 2.75) is 62.6 Å². The fourth-order valence-corrected chi connectivity index (χ4v) is 3.01. The Hall–Kier alpha value is -0.450. The lowest BCUT2D eigenvalue weighted by Crippen LogP contribution is -2.69. The van der Waals surface area contributed by atoms with Gasteiger partial charge in [0.05, 0.1) is 0 Å². The summed E-state index contributed by atoms with van der Waals surface area (Å²) in [5, 5.41) is 19.2. The van der Waals surface area contributed by atoms with Gasteiger partial charge in [-0.3, -0.25) is 4.79 Å². The first-order valence-electron chi connectivity index (χ1n) is 6.65. The lowest BCUT2D eigenvalue weighted by molar-refractivity contribution is -0.252. The first-order valence-corrected chi connectivity index (χ1v) is 6.65. The number of unbranched alkanes of at least 4 members (excludes halogenated alkanes) is 1. The third kappa shape index (κ3) is 2.14. The second kappa shape index (κ2) is 5.04. The molecular weight excluding hydrogens is 220 g/mol. The number of ether oxygens (including phenoxy) is 1. The van der Waals surface area contributed by atoms with Gasteiger partial charge < -0.3 is 14.9 Å². The van der Waals surface area contributed by atoms with Crippen molar-refractivity contribution in [1.82, 2.24) is 0 Å². The van der Waals surface area contributed by atoms with Gasteiger partial charge in [0.25, 0.3) is 0 Å². The molecule has 98 valence electrons. The maximum Gasteiger partial charge on any atom is 0.167 e. The Bertz CT molecular complexity index is 283. The summed E-state index contributed by atoms with van der Waals surface area (Å²) in [4.78, 5) is 12.1. The molecule has 2 atom stereocenters. The van der Waals surface area contributed by atoms with Crippen LogP contribution in [0.3, 0.4) is 0 Å². The van der Waals surface area contributed by atoms with Crippen LogP contribution in [0.25, 0.3) is 0 Å². The van der Waals surface area contributed by atoms with Crippen molar-refractivity contribution in [2.24, 2.45) is 0 Å². The Kier molecular flexibility index (Phi) is 3.85. The summed E-state index contributed by atoms with van der Waals surface area (Å²) >= 11 is 0. The third-order valence-electron chi connectivity index (χ3n) is 4.27. The van der Waals surface area contributed by atoms with Crippen LogP contribution in [0.5, 0.6) is 0 Å². The molecule has 0 unspecified atom stereocenters. The van der Waals surface area contributed by atoms with Gasteiger partial charge in [0, 0.05) is 19.6 Å². The zero-order chi connectivity index (χ0) is 12.4. The van der Waals surface area contributed by atoms with Crippen LogP contribution in [-0.4, -0.2) is 40.4 Å². The molecule has 1 spiro atoms. The van der Waals surface area contributed by atoms with E-state index in [-0.39, 0.29) is 12.4 Å². The molecule has 0 aromatic carbocycles. The van der Waals surface area contributed by atoms with Gasteiger partial charge in [-0.2, -0.15) is 0 Å². The molecule has 2 rings (SSSR count). The van der Waals surface area contributed by atoms with Crippen LogP contribution in [-0.2, 0) is 9.53 Å². The van der Waals surface area contributed by atoms with E-state index < -0.39 is 11.2 Å². The average molecular weight is 242 g/mol. The van der Waals surface area contributed by atoms with Crippen molar-refractivity contribution in [2.75, 3.05) is 13.2 Å². The van der Waals surface area contributed by atoms with Crippen LogP contribution in [0.1, 0.15) is 51.4 Å². The number of rotatable bonds is 5. The van der Waals surface area contributed by atoms with E-state index >= 15 is 0 Å². The topological polar surface area (TPSA) is 66.8 Å². The number of carbonyl (C=O) groups excluding carboxylic acids is 1. The number of Topliss-reactive ketones (excluding diaryl/α,β-unsaturated/α-hetero) is 1. The molecule has 1 saturated carbocycles. The van der Waals surface area contributed by atoms with Crippen molar-refractivity contribution in [1.29, 1.82) is 0 Å². The SMILES string of the molecule is O=C(CCCCO)[C@]1(O)CC[C@@]12CCCCO2. The minimum Gasteiger partial charge on any atom is -0.396 e. The number of aliphatic hydroxyl groups excluding tert-OH is 1. The summed E-state index contributed by atoms with van der Waals surface area (Å²) < 4.78 is 5.72. The van der Waals surface area contributed by atoms with Crippen LogP contribution in [0, 0.1) is 0 Å². The van der Waals surface area contributed by atoms with Crippen molar-refractivity contribution < 1.29 is 19.7 Å². The number of carbonyl (C=O) groups is 1. The number of hydrogen-bond donors (Lipinski definition) is 2. The molecule has 4 nitrogen and oxygen atoms in total. The molecule has 0 aromatic heterocycles. The Morgan fingerprint density at radius 3 is 2.53 bits per heavy atom. The van der Waals surface area contributed by atoms with Gasteiger partial charge >= 0.3 is 0 Å². The quantitative estimate of drug-likeness (QED) is 0.710. The second-order valence-corrected chi connectivity index (χ2v) is 5.26. The van der Waals surface area contributed by atoms with E-state index in [9.17, 15) is 9.90 Å². The van der Waals surface area contributed by atoms with Gasteiger partial charge in [0.15, 0.2) is 11.4 Å². The summed E-state index contributed by atoms with van der Waals surface area (Å²) in [5.41, 5.74) is -1.83. The van der Waals surface area contributed by atoms with E-state index in [1.807, 2.05) is 0 Å². The summed E-state index contributed by atoms with van der Waals surface area (Å²) in [7, 11) is 0. The van der Waals surface area contributed by atoms with Crippen molar-refractivity contribution in [3.8, 4) is 0 Å². The molecular formula is C13H22O4. The Morgan fingerprint density at radius 1 is 1.18 bits per heavy atom. The second-order valence-electron chi connectivity index (χ2n) is 5.26. The van der Waals surface area contributed by atoms with Gasteiger partial charge in [0.1, 0.15) is 5.60 Å². The van der Waals surface area contributed by atoms with Gasteiger partial charge in [0.2, 0.25) is 0 Å². The van der Waals surface area contributed by atoms with Crippen molar-refractivity contribution in [3.63, 3.8) is 0 Å². The van der Waals surface area contributed by atoms with E-state index in [0.717, 1.165) is 25.7 Å². The normalized spacial score (nSPS) is 36.8. The van der Waals surface area contributed by atoms with E-state index in [1.165, 1.54) is 0 Å². The standard InChI is InChI=1S/C13H22O4/c14-9-3-1-5-11(15)13(16)8-7-12(13)6-2-4-10-17-12/h14,16H,1-10H2/t12-,13+/m0/s1. The Balaban J connectivity index is 1.95. The molecule has 17 heavy (non-hydrogen) atoms. The maximum atomic E-state index is 12.1. The summed E-state index contributed by atoms with van der Waals surface area (Å²) in [6.45, 7) is 0.763. The van der Waals surface area contributed by atoms with Crippen LogP contribution in [0.4, 0.5) is 0 Å². The molecule has 4 heteroatoms. The van der Waals surface area contributed by atoms with E-state index in [2.05, 4.69) is 0 Å². The molecule has 2 aliphatic rings. The van der Waals surface area contributed by atoms with Crippen molar-refractivity contribution >= 4 is 5.78 Å². The number of hydrogen-bond acceptors (Lipinski definition) is 4. The minimum absolute atomic E-state index is 0.0981. The molecule has 0 radical (unpaired) electrons. The number of aliphatic hydroxyl groups is 2. The minimum atomic E-state index is -1.25. The van der Waals surface area contributed by atoms with Crippen LogP contribution in [0.15, 0.2) is 0 Å². The molecule has 2 N–H and O–H groups in total. The molecule has 1 aliphatic heterocycles. The van der Waals surface area contributed by atoms with E-state index in [1.54, 1.807) is 0 Å². The Morgan fingerprint density at radius 2 is 2.00 bits per heavy atom. The van der Waals surface area contributed by atoms with Crippen LogP contribution < -0.4 is 0 Å². The predicted octanol–water partition coefficient (Wildman–Crippen LogP) is 1.18. The first-order chi connectivity index (χ1) is 8.15. The summed E-state index contributed by atoms with van der Waals surface area (Å²) in [6, 6.07) is 0. The lowest BCUT2D eigenvalue weighted by atomic mass is 9.59. The van der Waals surface area contributed by atoms with Gasteiger partial charge in [-0.15, -0.1) is 0 Å². The maximum absolute atomic E-state index is 12.1. The molecule has 2 fully saturated rings. The number of ketones is 1. The first kappa shape index (κ1) is 13.0. The third-order valence-corrected chi connectivity index (χ3v) is 4.27. The van der Waals surface area contributed by atoms with Gasteiger partial charge in [-0.25, -0.2) is 0 Å². The molecule has 1 heterocycles. The molecule has 1 aliphatic carbocycles. The highest BCUT2D eigenvalue weighted by molar-refractivity contribution is 5.89. The van der Waals surface area contributed by atoms with Crippen LogP contribution >= 0.6 is 0 Å². The zero-order valence-electron chi connectivity index (χ0n) is 10.3. The highest BCUT2D eigenvalue weighted by Crippen LogP contribution is 2.51. The lowest BCUT2D eigenvalue weighted by Gasteiger charge is -2.56. The molecule has 0 bridgehead atoms. The molecule has 1 saturated heterocycles. The summed E-state index contributed by atoms with van der Waals surface area (Å²) in [5.74, 6) is -0.0981. The van der Waals surface area contributed by atoms with Gasteiger partial charge in [-0.1, -0.05) is 0 Å². The Labute approximate surface area is 102 Å². The highest BCUT2D eigenvalue weighted by Gasteiger charge is 2.63. The van der Waals surface area contributed by atoms with E-state index in [4.69, 9.17) is 9.84 Å². The largest absolute Gasteiger partial charge is 0.396 e. The fourth-order valence-electron chi connectivity index (χ4n) is 3.01. The van der Waals surface area contributed by atoms with Crippen LogP contribution in [0.2, 0.25) is 0 Å².